The van der Waals surface area contributed by atoms with Crippen LogP contribution in [-0.2, 0) is 6.54 Å². The fourth-order valence-corrected chi connectivity index (χ4v) is 3.51. The lowest BCUT2D eigenvalue weighted by atomic mass is 10.1. The number of aromatic nitrogens is 2. The van der Waals surface area contributed by atoms with Gasteiger partial charge in [0.15, 0.2) is 4.34 Å². The molecule has 3 nitrogen and oxygen atoms in total. The normalized spacial score (nSPS) is 11.2. The second-order valence-electron chi connectivity index (χ2n) is 4.82. The molecule has 0 bridgehead atoms. The minimum atomic E-state index is 0.513. The molecule has 2 aromatic rings. The Morgan fingerprint density at radius 1 is 1.26 bits per heavy atom. The summed E-state index contributed by atoms with van der Waals surface area (Å²) >= 11 is 3.33. The molecule has 0 aliphatic carbocycles. The zero-order valence-corrected chi connectivity index (χ0v) is 13.4. The molecule has 0 amide bonds. The van der Waals surface area contributed by atoms with Crippen molar-refractivity contribution in [2.75, 3.05) is 0 Å². The van der Waals surface area contributed by atoms with Gasteiger partial charge in [0.1, 0.15) is 5.01 Å². The number of benzene rings is 1. The van der Waals surface area contributed by atoms with Crippen LogP contribution in [0, 0.1) is 13.8 Å². The quantitative estimate of drug-likeness (QED) is 0.910. The average molecular weight is 293 g/mol. The van der Waals surface area contributed by atoms with E-state index >= 15 is 0 Å². The highest BCUT2D eigenvalue weighted by Gasteiger charge is 2.06. The molecule has 1 heterocycles. The maximum atomic E-state index is 4.15. The molecule has 0 aliphatic heterocycles. The Balaban J connectivity index is 2.06. The first kappa shape index (κ1) is 14.5. The number of hydrogen-bond donors (Lipinski definition) is 1. The van der Waals surface area contributed by atoms with Gasteiger partial charge in [-0.25, -0.2) is 0 Å². The zero-order valence-electron chi connectivity index (χ0n) is 11.7. The average Bonchev–Trinajstić information content (AvgIpc) is 2.75. The molecule has 1 aromatic heterocycles. The summed E-state index contributed by atoms with van der Waals surface area (Å²) in [4.78, 5) is 1.25. The monoisotopic (exact) mass is 293 g/mol. The van der Waals surface area contributed by atoms with E-state index < -0.39 is 0 Å². The Hall–Kier alpha value is -0.910. The maximum Gasteiger partial charge on any atom is 0.179 e. The van der Waals surface area contributed by atoms with Crippen molar-refractivity contribution in [1.29, 1.82) is 0 Å². The Kier molecular flexibility index (Phi) is 4.96. The van der Waals surface area contributed by atoms with Crippen molar-refractivity contribution in [2.24, 2.45) is 0 Å². The minimum Gasteiger partial charge on any atom is -0.310 e. The molecule has 5 heteroatoms. The molecule has 0 atom stereocenters. The predicted octanol–water partition coefficient (Wildman–Crippen LogP) is 3.80. The molecule has 0 fully saturated rings. The molecule has 19 heavy (non-hydrogen) atoms. The summed E-state index contributed by atoms with van der Waals surface area (Å²) in [6.45, 7) is 9.37. The highest BCUT2D eigenvalue weighted by molar-refractivity contribution is 8.01. The molecule has 0 unspecified atom stereocenters. The molecule has 0 spiro atoms. The molecule has 0 radical (unpaired) electrons. The fourth-order valence-electron chi connectivity index (χ4n) is 1.67. The molecular weight excluding hydrogens is 274 g/mol. The number of rotatable bonds is 5. The van der Waals surface area contributed by atoms with Gasteiger partial charge in [0.05, 0.1) is 0 Å². The molecule has 0 saturated carbocycles. The van der Waals surface area contributed by atoms with E-state index in [0.717, 1.165) is 15.9 Å². The van der Waals surface area contributed by atoms with Crippen LogP contribution in [-0.4, -0.2) is 16.2 Å². The van der Waals surface area contributed by atoms with Crippen LogP contribution in [0.1, 0.15) is 30.0 Å². The van der Waals surface area contributed by atoms with Crippen LogP contribution in [0.3, 0.4) is 0 Å². The van der Waals surface area contributed by atoms with E-state index in [0.29, 0.717) is 6.04 Å². The van der Waals surface area contributed by atoms with Crippen LogP contribution in [0.4, 0.5) is 0 Å². The molecular formula is C14H19N3S2. The first-order valence-electron chi connectivity index (χ1n) is 6.35. The Bertz CT molecular complexity index is 549. The van der Waals surface area contributed by atoms with E-state index in [9.17, 15) is 0 Å². The fraction of sp³-hybridized carbons (Fsp3) is 0.429. The Labute approximate surface area is 122 Å². The minimum absolute atomic E-state index is 0.513. The van der Waals surface area contributed by atoms with Crippen molar-refractivity contribution in [1.82, 2.24) is 15.5 Å². The zero-order chi connectivity index (χ0) is 13.8. The van der Waals surface area contributed by atoms with Crippen LogP contribution in [0.15, 0.2) is 27.4 Å². The van der Waals surface area contributed by atoms with E-state index in [1.165, 1.54) is 16.0 Å². The van der Waals surface area contributed by atoms with Gasteiger partial charge in [-0.2, -0.15) is 0 Å². The number of nitrogens with one attached hydrogen (secondary N) is 1. The van der Waals surface area contributed by atoms with E-state index in [4.69, 9.17) is 0 Å². The second-order valence-corrected chi connectivity index (χ2v) is 7.30. The molecule has 0 aliphatic rings. The maximum absolute atomic E-state index is 4.15. The molecule has 1 N–H and O–H groups in total. The standard InChI is InChI=1S/C14H19N3S2/c1-9(2)15-8-12-5-6-13(10(3)7-12)19-14-17-16-11(4)18-14/h5-7,9,15H,8H2,1-4H3. The van der Waals surface area contributed by atoms with Crippen molar-refractivity contribution in [2.45, 2.75) is 49.5 Å². The lowest BCUT2D eigenvalue weighted by Gasteiger charge is -2.10. The SMILES string of the molecule is Cc1nnc(Sc2ccc(CNC(C)C)cc2C)s1. The number of hydrogen-bond acceptors (Lipinski definition) is 5. The Morgan fingerprint density at radius 2 is 2.05 bits per heavy atom. The summed E-state index contributed by atoms with van der Waals surface area (Å²) in [5.41, 5.74) is 2.62. The van der Waals surface area contributed by atoms with Crippen LogP contribution in [0.25, 0.3) is 0 Å². The summed E-state index contributed by atoms with van der Waals surface area (Å²) in [5, 5.41) is 12.6. The van der Waals surface area contributed by atoms with Gasteiger partial charge in [0.25, 0.3) is 0 Å². The highest BCUT2D eigenvalue weighted by Crippen LogP contribution is 2.32. The van der Waals surface area contributed by atoms with E-state index in [2.05, 4.69) is 54.5 Å². The van der Waals surface area contributed by atoms with Crippen molar-refractivity contribution in [3.63, 3.8) is 0 Å². The van der Waals surface area contributed by atoms with E-state index in [1.54, 1.807) is 23.1 Å². The number of aryl methyl sites for hydroxylation is 2. The first-order chi connectivity index (χ1) is 9.04. The van der Waals surface area contributed by atoms with Gasteiger partial charge >= 0.3 is 0 Å². The van der Waals surface area contributed by atoms with Crippen molar-refractivity contribution in [3.8, 4) is 0 Å². The van der Waals surface area contributed by atoms with Crippen molar-refractivity contribution in [3.05, 3.63) is 34.3 Å². The van der Waals surface area contributed by atoms with Crippen molar-refractivity contribution >= 4 is 23.1 Å². The summed E-state index contributed by atoms with van der Waals surface area (Å²) in [7, 11) is 0. The van der Waals surface area contributed by atoms with Gasteiger partial charge in [0, 0.05) is 17.5 Å². The van der Waals surface area contributed by atoms with E-state index in [1.807, 2.05) is 6.92 Å². The predicted molar refractivity (Wildman–Crippen MR) is 81.9 cm³/mol. The third kappa shape index (κ3) is 4.30. The lowest BCUT2D eigenvalue weighted by Crippen LogP contribution is -2.21. The molecule has 102 valence electrons. The summed E-state index contributed by atoms with van der Waals surface area (Å²) in [5.74, 6) is 0. The van der Waals surface area contributed by atoms with Gasteiger partial charge in [-0.15, -0.1) is 10.2 Å². The first-order valence-corrected chi connectivity index (χ1v) is 7.99. The van der Waals surface area contributed by atoms with Gasteiger partial charge in [-0.05, 0) is 31.0 Å². The van der Waals surface area contributed by atoms with Crippen LogP contribution in [0.2, 0.25) is 0 Å². The van der Waals surface area contributed by atoms with Gasteiger partial charge in [-0.3, -0.25) is 0 Å². The topological polar surface area (TPSA) is 37.8 Å². The second kappa shape index (κ2) is 6.50. The van der Waals surface area contributed by atoms with Crippen LogP contribution >= 0.6 is 23.1 Å². The summed E-state index contributed by atoms with van der Waals surface area (Å²) in [6, 6.07) is 7.11. The molecule has 1 aromatic carbocycles. The van der Waals surface area contributed by atoms with E-state index in [-0.39, 0.29) is 0 Å². The van der Waals surface area contributed by atoms with Crippen molar-refractivity contribution < 1.29 is 0 Å². The number of nitrogens with zero attached hydrogens (tertiary/aromatic N) is 2. The highest BCUT2D eigenvalue weighted by atomic mass is 32.2. The van der Waals surface area contributed by atoms with Gasteiger partial charge in [0.2, 0.25) is 0 Å². The van der Waals surface area contributed by atoms with Gasteiger partial charge < -0.3 is 5.32 Å². The Morgan fingerprint density at radius 3 is 2.63 bits per heavy atom. The van der Waals surface area contributed by atoms with Gasteiger partial charge in [-0.1, -0.05) is 49.1 Å². The lowest BCUT2D eigenvalue weighted by molar-refractivity contribution is 0.588. The molecule has 0 saturated heterocycles. The molecule has 2 rings (SSSR count). The summed E-state index contributed by atoms with van der Waals surface area (Å²) < 4.78 is 1.01. The smallest absolute Gasteiger partial charge is 0.179 e. The largest absolute Gasteiger partial charge is 0.310 e. The van der Waals surface area contributed by atoms with Crippen LogP contribution < -0.4 is 5.32 Å². The third-order valence-corrected chi connectivity index (χ3v) is 4.73. The summed E-state index contributed by atoms with van der Waals surface area (Å²) in [6.07, 6.45) is 0. The third-order valence-electron chi connectivity index (χ3n) is 2.66. The van der Waals surface area contributed by atoms with Crippen LogP contribution in [0.5, 0.6) is 0 Å².